The van der Waals surface area contributed by atoms with Gasteiger partial charge in [-0.15, -0.1) is 11.3 Å². The van der Waals surface area contributed by atoms with Crippen molar-refractivity contribution in [3.63, 3.8) is 0 Å². The maximum atomic E-state index is 12.5. The number of hydrogen-bond acceptors (Lipinski definition) is 6. The Morgan fingerprint density at radius 1 is 0.970 bits per heavy atom. The molecule has 7 nitrogen and oxygen atoms in total. The number of thiophene rings is 1. The van der Waals surface area contributed by atoms with Gasteiger partial charge in [-0.2, -0.15) is 0 Å². The van der Waals surface area contributed by atoms with Crippen LogP contribution in [0.4, 0.5) is 0 Å². The molecule has 1 aromatic carbocycles. The van der Waals surface area contributed by atoms with Crippen LogP contribution in [-0.2, 0) is 20.9 Å². The summed E-state index contributed by atoms with van der Waals surface area (Å²) in [6, 6.07) is 12.2. The van der Waals surface area contributed by atoms with Gasteiger partial charge in [0.25, 0.3) is 11.8 Å². The molecule has 0 saturated carbocycles. The van der Waals surface area contributed by atoms with Crippen molar-refractivity contribution < 1.29 is 19.1 Å². The Balaban J connectivity index is 1.15. The first kappa shape index (κ1) is 23.4. The predicted octanol–water partition coefficient (Wildman–Crippen LogP) is 2.80. The number of nitrogens with zero attached hydrogens (tertiary/aromatic N) is 3. The molecule has 2 saturated heterocycles. The molecule has 2 aliphatic rings. The van der Waals surface area contributed by atoms with Crippen molar-refractivity contribution >= 4 is 29.1 Å². The number of ether oxygens (including phenoxy) is 1. The minimum Gasteiger partial charge on any atom is -0.455 e. The zero-order valence-corrected chi connectivity index (χ0v) is 19.9. The van der Waals surface area contributed by atoms with E-state index in [0.29, 0.717) is 39.0 Å². The molecule has 0 N–H and O–H groups in total. The molecule has 8 heteroatoms. The third kappa shape index (κ3) is 6.21. The first-order chi connectivity index (χ1) is 16.0. The summed E-state index contributed by atoms with van der Waals surface area (Å²) in [7, 11) is 0. The van der Waals surface area contributed by atoms with Crippen LogP contribution in [0.3, 0.4) is 0 Å². The summed E-state index contributed by atoms with van der Waals surface area (Å²) in [5.41, 5.74) is 2.54. The summed E-state index contributed by atoms with van der Waals surface area (Å²) in [5.74, 6) is -0.696. The number of aryl methyl sites for hydroxylation is 1. The zero-order valence-electron chi connectivity index (χ0n) is 19.1. The fourth-order valence-electron chi connectivity index (χ4n) is 4.44. The molecule has 0 spiro atoms. The van der Waals surface area contributed by atoms with Gasteiger partial charge in [-0.3, -0.25) is 19.3 Å². The Morgan fingerprint density at radius 2 is 1.73 bits per heavy atom. The van der Waals surface area contributed by atoms with Crippen molar-refractivity contribution in [2.45, 2.75) is 26.3 Å². The Morgan fingerprint density at radius 3 is 2.39 bits per heavy atom. The lowest BCUT2D eigenvalue weighted by molar-refractivity contribution is -0.157. The van der Waals surface area contributed by atoms with Gasteiger partial charge >= 0.3 is 5.97 Å². The summed E-state index contributed by atoms with van der Waals surface area (Å²) < 4.78 is 5.36. The van der Waals surface area contributed by atoms with Crippen molar-refractivity contribution in [2.75, 3.05) is 45.9 Å². The Kier molecular flexibility index (Phi) is 7.77. The summed E-state index contributed by atoms with van der Waals surface area (Å²) in [6.45, 7) is 6.75. The van der Waals surface area contributed by atoms with E-state index in [1.807, 2.05) is 17.5 Å². The van der Waals surface area contributed by atoms with Gasteiger partial charge in [-0.25, -0.2) is 0 Å². The molecule has 33 heavy (non-hydrogen) atoms. The van der Waals surface area contributed by atoms with Gasteiger partial charge < -0.3 is 14.5 Å². The monoisotopic (exact) mass is 469 g/mol. The highest BCUT2D eigenvalue weighted by Gasteiger charge is 2.30. The first-order valence-corrected chi connectivity index (χ1v) is 12.4. The highest BCUT2D eigenvalue weighted by Crippen LogP contribution is 2.22. The lowest BCUT2D eigenvalue weighted by Crippen LogP contribution is -2.49. The molecule has 0 bridgehead atoms. The minimum atomic E-state index is -0.329. The van der Waals surface area contributed by atoms with E-state index < -0.39 is 0 Å². The maximum absolute atomic E-state index is 12.5. The SMILES string of the molecule is Cc1cccc(CN2CCN(C(=O)COC(=O)C3CCN(C(=O)c4cccs4)CC3)CC2)c1. The number of hydrogen-bond donors (Lipinski definition) is 0. The van der Waals surface area contributed by atoms with E-state index in [9.17, 15) is 14.4 Å². The molecule has 2 fully saturated rings. The number of carbonyl (C=O) groups is 3. The van der Waals surface area contributed by atoms with Crippen LogP contribution in [0.25, 0.3) is 0 Å². The molecule has 1 aromatic heterocycles. The molecule has 176 valence electrons. The van der Waals surface area contributed by atoms with Crippen molar-refractivity contribution in [2.24, 2.45) is 5.92 Å². The summed E-state index contributed by atoms with van der Waals surface area (Å²) in [5, 5.41) is 1.89. The van der Waals surface area contributed by atoms with E-state index in [4.69, 9.17) is 4.74 Å². The molecule has 3 heterocycles. The predicted molar refractivity (Wildman–Crippen MR) is 127 cm³/mol. The molecule has 0 radical (unpaired) electrons. The molecule has 0 unspecified atom stereocenters. The standard InChI is InChI=1S/C25H31N3O4S/c1-19-4-2-5-20(16-19)17-26-11-13-27(14-12-26)23(29)18-32-25(31)21-7-9-28(10-8-21)24(30)22-6-3-15-33-22/h2-6,15-16,21H,7-14,17-18H2,1H3. The van der Waals surface area contributed by atoms with Crippen molar-refractivity contribution in [3.8, 4) is 0 Å². The molecule has 0 atom stereocenters. The third-order valence-corrected chi connectivity index (χ3v) is 7.26. The molecule has 0 aliphatic carbocycles. The molecule has 2 aliphatic heterocycles. The van der Waals surface area contributed by atoms with Crippen molar-refractivity contribution in [3.05, 3.63) is 57.8 Å². The molecule has 2 amide bonds. The highest BCUT2D eigenvalue weighted by molar-refractivity contribution is 7.12. The Hall–Kier alpha value is -2.71. The van der Waals surface area contributed by atoms with E-state index in [0.717, 1.165) is 24.5 Å². The number of piperazine rings is 1. The number of esters is 1. The smallest absolute Gasteiger partial charge is 0.309 e. The first-order valence-electron chi connectivity index (χ1n) is 11.5. The summed E-state index contributed by atoms with van der Waals surface area (Å²) in [4.78, 5) is 44.1. The number of piperidine rings is 1. The van der Waals surface area contributed by atoms with Gasteiger partial charge in [0, 0.05) is 45.8 Å². The number of rotatable bonds is 6. The van der Waals surface area contributed by atoms with Gasteiger partial charge in [0.15, 0.2) is 6.61 Å². The fraction of sp³-hybridized carbons (Fsp3) is 0.480. The topological polar surface area (TPSA) is 70.2 Å². The van der Waals surface area contributed by atoms with E-state index in [1.54, 1.807) is 9.80 Å². The van der Waals surface area contributed by atoms with Crippen LogP contribution in [0, 0.1) is 12.8 Å². The van der Waals surface area contributed by atoms with Crippen LogP contribution in [0.5, 0.6) is 0 Å². The quantitative estimate of drug-likeness (QED) is 0.609. The van der Waals surface area contributed by atoms with Crippen molar-refractivity contribution in [1.29, 1.82) is 0 Å². The lowest BCUT2D eigenvalue weighted by atomic mass is 9.97. The summed E-state index contributed by atoms with van der Waals surface area (Å²) in [6.07, 6.45) is 1.14. The van der Waals surface area contributed by atoms with Crippen LogP contribution in [-0.4, -0.2) is 78.4 Å². The fourth-order valence-corrected chi connectivity index (χ4v) is 5.13. The highest BCUT2D eigenvalue weighted by atomic mass is 32.1. The second-order valence-electron chi connectivity index (χ2n) is 8.80. The van der Waals surface area contributed by atoms with Gasteiger partial charge in [-0.05, 0) is 36.8 Å². The largest absolute Gasteiger partial charge is 0.455 e. The van der Waals surface area contributed by atoms with Gasteiger partial charge in [-0.1, -0.05) is 35.9 Å². The van der Waals surface area contributed by atoms with Crippen LogP contribution in [0.15, 0.2) is 41.8 Å². The Labute approximate surface area is 198 Å². The second-order valence-corrected chi connectivity index (χ2v) is 9.75. The molecular weight excluding hydrogens is 438 g/mol. The van der Waals surface area contributed by atoms with E-state index in [-0.39, 0.29) is 30.3 Å². The molecule has 2 aromatic rings. The van der Waals surface area contributed by atoms with Gasteiger partial charge in [0.2, 0.25) is 0 Å². The number of amides is 2. The second kappa shape index (κ2) is 10.9. The van der Waals surface area contributed by atoms with Crippen molar-refractivity contribution in [1.82, 2.24) is 14.7 Å². The average molecular weight is 470 g/mol. The Bertz CT molecular complexity index is 962. The normalized spacial score (nSPS) is 17.7. The summed E-state index contributed by atoms with van der Waals surface area (Å²) >= 11 is 1.43. The number of benzene rings is 1. The lowest BCUT2D eigenvalue weighted by Gasteiger charge is -2.35. The minimum absolute atomic E-state index is 0.0218. The molecule has 4 rings (SSSR count). The molecular formula is C25H31N3O4S. The van der Waals surface area contributed by atoms with Gasteiger partial charge in [0.05, 0.1) is 10.8 Å². The van der Waals surface area contributed by atoms with E-state index >= 15 is 0 Å². The average Bonchev–Trinajstić information content (AvgIpc) is 3.37. The third-order valence-electron chi connectivity index (χ3n) is 6.40. The van der Waals surface area contributed by atoms with Crippen LogP contribution in [0.1, 0.15) is 33.6 Å². The number of carbonyl (C=O) groups excluding carboxylic acids is 3. The zero-order chi connectivity index (χ0) is 23.2. The van der Waals surface area contributed by atoms with Gasteiger partial charge in [0.1, 0.15) is 0 Å². The maximum Gasteiger partial charge on any atom is 0.309 e. The van der Waals surface area contributed by atoms with E-state index in [1.165, 1.54) is 22.5 Å². The van der Waals surface area contributed by atoms with E-state index in [2.05, 4.69) is 36.1 Å². The van der Waals surface area contributed by atoms with Crippen LogP contribution in [0.2, 0.25) is 0 Å². The number of likely N-dealkylation sites (tertiary alicyclic amines) is 1. The van der Waals surface area contributed by atoms with Crippen LogP contribution < -0.4 is 0 Å². The van der Waals surface area contributed by atoms with Crippen LogP contribution >= 0.6 is 11.3 Å².